The van der Waals surface area contributed by atoms with Crippen LogP contribution < -0.4 is 10.6 Å². The smallest absolute Gasteiger partial charge is 0.246 e. The quantitative estimate of drug-likeness (QED) is 0.535. The first-order valence-corrected chi connectivity index (χ1v) is 12.5. The van der Waals surface area contributed by atoms with E-state index in [9.17, 15) is 19.5 Å². The zero-order valence-corrected chi connectivity index (χ0v) is 22.1. The van der Waals surface area contributed by atoms with Gasteiger partial charge in [-0.15, -0.1) is 0 Å². The van der Waals surface area contributed by atoms with Crippen LogP contribution in [-0.2, 0) is 20.8 Å². The molecule has 1 fully saturated rings. The van der Waals surface area contributed by atoms with E-state index in [-0.39, 0.29) is 37.2 Å². The van der Waals surface area contributed by atoms with Crippen molar-refractivity contribution < 1.29 is 19.5 Å². The standard InChI is InChI=1S/C29H36N4O4/c1-18-6-8-20(9-7-18)14-25(35)32-26(29(3,4)5)28(37)33-17-23(34)15-24(33)27(36)31-19(2)22-12-10-21(16-30)11-13-22/h6-13,19,23-24,26,34H,14-15,17H2,1-5H3,(H,31,36)(H,32,35)/t19-,23+,24-,26+/m0/s1. The van der Waals surface area contributed by atoms with Gasteiger partial charge in [0, 0.05) is 13.0 Å². The first kappa shape index (κ1) is 27.9. The van der Waals surface area contributed by atoms with Crippen molar-refractivity contribution in [2.24, 2.45) is 5.41 Å². The number of aryl methyl sites for hydroxylation is 1. The molecule has 0 unspecified atom stereocenters. The summed E-state index contributed by atoms with van der Waals surface area (Å²) in [5.74, 6) is -1.06. The largest absolute Gasteiger partial charge is 0.391 e. The maximum absolute atomic E-state index is 13.7. The highest BCUT2D eigenvalue weighted by Crippen LogP contribution is 2.27. The average molecular weight is 505 g/mol. The van der Waals surface area contributed by atoms with Crippen LogP contribution in [0.3, 0.4) is 0 Å². The third-order valence-electron chi connectivity index (χ3n) is 6.67. The van der Waals surface area contributed by atoms with Gasteiger partial charge >= 0.3 is 0 Å². The van der Waals surface area contributed by atoms with Gasteiger partial charge in [0.25, 0.3) is 0 Å². The molecule has 1 aliphatic rings. The number of rotatable bonds is 7. The van der Waals surface area contributed by atoms with Crippen molar-refractivity contribution in [3.8, 4) is 6.07 Å². The van der Waals surface area contributed by atoms with Crippen LogP contribution in [0.25, 0.3) is 0 Å². The minimum Gasteiger partial charge on any atom is -0.391 e. The first-order chi connectivity index (χ1) is 17.4. The number of hydrogen-bond donors (Lipinski definition) is 3. The van der Waals surface area contributed by atoms with Crippen LogP contribution in [0.4, 0.5) is 0 Å². The molecule has 2 aromatic carbocycles. The molecule has 0 saturated carbocycles. The number of β-amino-alcohol motifs (C(OH)–C–C–N with tert-alkyl or cyclic N) is 1. The van der Waals surface area contributed by atoms with Crippen LogP contribution >= 0.6 is 0 Å². The molecule has 1 heterocycles. The molecule has 8 heteroatoms. The van der Waals surface area contributed by atoms with Crippen LogP contribution in [-0.4, -0.2) is 52.5 Å². The zero-order valence-electron chi connectivity index (χ0n) is 22.1. The van der Waals surface area contributed by atoms with Gasteiger partial charge in [0.05, 0.1) is 30.2 Å². The van der Waals surface area contributed by atoms with Gasteiger partial charge in [-0.25, -0.2) is 0 Å². The highest BCUT2D eigenvalue weighted by atomic mass is 16.3. The maximum Gasteiger partial charge on any atom is 0.246 e. The molecule has 0 aromatic heterocycles. The third kappa shape index (κ3) is 7.17. The summed E-state index contributed by atoms with van der Waals surface area (Å²) in [6.07, 6.45) is -0.588. The number of aliphatic hydroxyl groups excluding tert-OH is 1. The van der Waals surface area contributed by atoms with Gasteiger partial charge in [0.2, 0.25) is 17.7 Å². The van der Waals surface area contributed by atoms with Crippen molar-refractivity contribution in [3.63, 3.8) is 0 Å². The summed E-state index contributed by atoms with van der Waals surface area (Å²) in [5, 5.41) is 25.2. The van der Waals surface area contributed by atoms with E-state index in [4.69, 9.17) is 5.26 Å². The predicted octanol–water partition coefficient (Wildman–Crippen LogP) is 2.78. The summed E-state index contributed by atoms with van der Waals surface area (Å²) in [7, 11) is 0. The Labute approximate surface area is 218 Å². The van der Waals surface area contributed by atoms with Crippen LogP contribution in [0.2, 0.25) is 0 Å². The molecule has 3 amide bonds. The van der Waals surface area contributed by atoms with E-state index in [0.29, 0.717) is 5.56 Å². The lowest BCUT2D eigenvalue weighted by molar-refractivity contribution is -0.144. The van der Waals surface area contributed by atoms with Crippen LogP contribution in [0, 0.1) is 23.7 Å². The highest BCUT2D eigenvalue weighted by Gasteiger charge is 2.44. The van der Waals surface area contributed by atoms with Crippen molar-refractivity contribution in [1.82, 2.24) is 15.5 Å². The fraction of sp³-hybridized carbons (Fsp3) is 0.448. The molecule has 0 bridgehead atoms. The molecule has 0 aliphatic carbocycles. The number of nitrogens with one attached hydrogen (secondary N) is 2. The number of nitriles is 1. The Kier molecular flexibility index (Phi) is 8.72. The van der Waals surface area contributed by atoms with E-state index in [1.54, 1.807) is 24.3 Å². The van der Waals surface area contributed by atoms with Gasteiger partial charge in [0.15, 0.2) is 0 Å². The lowest BCUT2D eigenvalue weighted by atomic mass is 9.85. The Bertz CT molecular complexity index is 1160. The predicted molar refractivity (Wildman–Crippen MR) is 140 cm³/mol. The Morgan fingerprint density at radius 3 is 2.27 bits per heavy atom. The fourth-order valence-corrected chi connectivity index (χ4v) is 4.46. The Hall–Kier alpha value is -3.70. The summed E-state index contributed by atoms with van der Waals surface area (Å²) in [6.45, 7) is 9.38. The molecular formula is C29H36N4O4. The van der Waals surface area contributed by atoms with Gasteiger partial charge in [0.1, 0.15) is 12.1 Å². The second-order valence-electron chi connectivity index (χ2n) is 10.9. The van der Waals surface area contributed by atoms with E-state index in [1.165, 1.54) is 4.90 Å². The normalized spacial score (nSPS) is 19.0. The van der Waals surface area contributed by atoms with Crippen molar-refractivity contribution >= 4 is 17.7 Å². The van der Waals surface area contributed by atoms with Crippen LogP contribution in [0.1, 0.15) is 62.4 Å². The second-order valence-corrected chi connectivity index (χ2v) is 10.9. The topological polar surface area (TPSA) is 123 Å². The third-order valence-corrected chi connectivity index (χ3v) is 6.67. The maximum atomic E-state index is 13.7. The van der Waals surface area contributed by atoms with E-state index in [2.05, 4.69) is 16.7 Å². The summed E-state index contributed by atoms with van der Waals surface area (Å²) in [4.78, 5) is 41.2. The van der Waals surface area contributed by atoms with E-state index < -0.39 is 29.5 Å². The highest BCUT2D eigenvalue weighted by molar-refractivity contribution is 5.93. The van der Waals surface area contributed by atoms with Crippen molar-refractivity contribution in [2.45, 2.75) is 71.7 Å². The Morgan fingerprint density at radius 1 is 1.08 bits per heavy atom. The summed E-state index contributed by atoms with van der Waals surface area (Å²) in [6, 6.07) is 14.5. The molecule has 1 aliphatic heterocycles. The zero-order chi connectivity index (χ0) is 27.3. The molecule has 0 radical (unpaired) electrons. The average Bonchev–Trinajstić information content (AvgIpc) is 3.24. The van der Waals surface area contributed by atoms with Crippen molar-refractivity contribution in [3.05, 3.63) is 70.8 Å². The van der Waals surface area contributed by atoms with Gasteiger partial charge < -0.3 is 20.6 Å². The van der Waals surface area contributed by atoms with E-state index >= 15 is 0 Å². The molecule has 0 spiro atoms. The lowest BCUT2D eigenvalue weighted by Crippen LogP contribution is -2.58. The van der Waals surface area contributed by atoms with Gasteiger partial charge in [-0.05, 0) is 42.5 Å². The molecular weight excluding hydrogens is 468 g/mol. The minimum absolute atomic E-state index is 0.0164. The first-order valence-electron chi connectivity index (χ1n) is 12.5. The number of likely N-dealkylation sites (tertiary alicyclic amines) is 1. The number of amides is 3. The van der Waals surface area contributed by atoms with Crippen molar-refractivity contribution in [1.29, 1.82) is 5.26 Å². The molecule has 8 nitrogen and oxygen atoms in total. The van der Waals surface area contributed by atoms with E-state index in [1.807, 2.05) is 58.9 Å². The van der Waals surface area contributed by atoms with Gasteiger partial charge in [-0.2, -0.15) is 5.26 Å². The van der Waals surface area contributed by atoms with Gasteiger partial charge in [-0.3, -0.25) is 14.4 Å². The summed E-state index contributed by atoms with van der Waals surface area (Å²) in [5.41, 5.74) is 2.66. The van der Waals surface area contributed by atoms with Crippen LogP contribution in [0.15, 0.2) is 48.5 Å². The number of carbonyl (C=O) groups is 3. The monoisotopic (exact) mass is 504 g/mol. The Morgan fingerprint density at radius 2 is 1.70 bits per heavy atom. The Balaban J connectivity index is 1.73. The molecule has 1 saturated heterocycles. The van der Waals surface area contributed by atoms with E-state index in [0.717, 1.165) is 16.7 Å². The lowest BCUT2D eigenvalue weighted by Gasteiger charge is -2.35. The number of nitrogens with zero attached hydrogens (tertiary/aromatic N) is 2. The molecule has 3 N–H and O–H groups in total. The molecule has 37 heavy (non-hydrogen) atoms. The minimum atomic E-state index is -0.873. The second kappa shape index (κ2) is 11.6. The van der Waals surface area contributed by atoms with Gasteiger partial charge in [-0.1, -0.05) is 62.7 Å². The number of hydrogen-bond acceptors (Lipinski definition) is 5. The number of benzene rings is 2. The molecule has 4 atom stereocenters. The van der Waals surface area contributed by atoms with Crippen molar-refractivity contribution in [2.75, 3.05) is 6.54 Å². The SMILES string of the molecule is Cc1ccc(CC(=O)N[C@H](C(=O)N2C[C@H](O)C[C@H]2C(=O)N[C@@H](C)c2ccc(C#N)cc2)C(C)(C)C)cc1. The van der Waals surface area contributed by atoms with Crippen LogP contribution in [0.5, 0.6) is 0 Å². The molecule has 3 rings (SSSR count). The molecule has 2 aromatic rings. The fourth-order valence-electron chi connectivity index (χ4n) is 4.46. The summed E-state index contributed by atoms with van der Waals surface area (Å²) < 4.78 is 0. The number of carbonyl (C=O) groups excluding carboxylic acids is 3. The number of aliphatic hydroxyl groups is 1. The summed E-state index contributed by atoms with van der Waals surface area (Å²) >= 11 is 0. The molecule has 196 valence electrons.